The van der Waals surface area contributed by atoms with E-state index in [0.29, 0.717) is 50.9 Å². The van der Waals surface area contributed by atoms with Crippen LogP contribution < -0.4 is 10.6 Å². The maximum Gasteiger partial charge on any atom is 0.407 e. The van der Waals surface area contributed by atoms with Gasteiger partial charge >= 0.3 is 6.09 Å². The lowest BCUT2D eigenvalue weighted by molar-refractivity contribution is -0.146. The van der Waals surface area contributed by atoms with Crippen LogP contribution in [0.25, 0.3) is 0 Å². The van der Waals surface area contributed by atoms with Crippen LogP contribution in [0.1, 0.15) is 64.9 Å². The van der Waals surface area contributed by atoms with Crippen LogP contribution in [-0.4, -0.2) is 61.5 Å². The predicted molar refractivity (Wildman–Crippen MR) is 170 cm³/mol. The summed E-state index contributed by atoms with van der Waals surface area (Å²) in [4.78, 5) is 41.6. The number of aryl methyl sites for hydroxylation is 1. The summed E-state index contributed by atoms with van der Waals surface area (Å²) in [7, 11) is 1.37. The van der Waals surface area contributed by atoms with Crippen LogP contribution in [-0.2, 0) is 30.0 Å². The zero-order valence-corrected chi connectivity index (χ0v) is 26.9. The standard InChI is InChI=1S/C33H48N3O6P/c1-26(2)22-33(31(38)35-29-17-9-6-10-18-29,20-11-12-21-34-32(39)42-24-27(3)23-41-4)36(25-43-40)30(37)19-13-16-28-14-7-5-8-15-28/h5-10,14-15,17-18,26-27H,11-13,16,19-25H2,1-4H3,(H,34,39)(H,35,38)/t27-,33+/m1/s1. The van der Waals surface area contributed by atoms with Crippen molar-refractivity contribution in [3.63, 3.8) is 0 Å². The summed E-state index contributed by atoms with van der Waals surface area (Å²) in [6, 6.07) is 19.1. The summed E-state index contributed by atoms with van der Waals surface area (Å²) in [5.41, 5.74) is 0.545. The van der Waals surface area contributed by atoms with Crippen molar-refractivity contribution in [3.8, 4) is 0 Å². The summed E-state index contributed by atoms with van der Waals surface area (Å²) >= 11 is 0. The quantitative estimate of drug-likeness (QED) is 0.127. The zero-order chi connectivity index (χ0) is 31.5. The third kappa shape index (κ3) is 12.9. The van der Waals surface area contributed by atoms with Gasteiger partial charge in [0.2, 0.25) is 11.8 Å². The van der Waals surface area contributed by atoms with E-state index in [4.69, 9.17) is 9.47 Å². The number of rotatable bonds is 20. The number of alkyl carbamates (subject to hydrolysis) is 1. The van der Waals surface area contributed by atoms with Crippen molar-refractivity contribution in [2.24, 2.45) is 11.8 Å². The number of amides is 3. The lowest BCUT2D eigenvalue weighted by Gasteiger charge is -2.43. The highest BCUT2D eigenvalue weighted by molar-refractivity contribution is 7.23. The highest BCUT2D eigenvalue weighted by Crippen LogP contribution is 2.34. The minimum absolute atomic E-state index is 0.0756. The Morgan fingerprint density at radius 2 is 1.60 bits per heavy atom. The number of unbranched alkanes of at least 4 members (excludes halogenated alkanes) is 1. The number of carbonyl (C=O) groups is 3. The molecule has 9 nitrogen and oxygen atoms in total. The van der Waals surface area contributed by atoms with Crippen LogP contribution in [0.5, 0.6) is 0 Å². The second-order valence-corrected chi connectivity index (χ2v) is 12.0. The number of anilines is 1. The van der Waals surface area contributed by atoms with E-state index in [9.17, 15) is 18.9 Å². The van der Waals surface area contributed by atoms with Gasteiger partial charge in [-0.2, -0.15) is 0 Å². The molecule has 0 aromatic heterocycles. The Hall–Kier alpha value is -3.29. The van der Waals surface area contributed by atoms with Crippen molar-refractivity contribution in [1.29, 1.82) is 0 Å². The molecule has 0 aliphatic rings. The first-order valence-electron chi connectivity index (χ1n) is 15.1. The lowest BCUT2D eigenvalue weighted by atomic mass is 9.81. The number of hydrogen-bond acceptors (Lipinski definition) is 6. The molecule has 0 radical (unpaired) electrons. The topological polar surface area (TPSA) is 114 Å². The van der Waals surface area contributed by atoms with Gasteiger partial charge in [-0.25, -0.2) is 4.79 Å². The van der Waals surface area contributed by atoms with Crippen molar-refractivity contribution in [3.05, 3.63) is 66.2 Å². The average molecular weight is 614 g/mol. The summed E-state index contributed by atoms with van der Waals surface area (Å²) < 4.78 is 22.3. The summed E-state index contributed by atoms with van der Waals surface area (Å²) in [6.45, 7) is 7.08. The zero-order valence-electron chi connectivity index (χ0n) is 26.1. The Morgan fingerprint density at radius 3 is 2.23 bits per heavy atom. The normalized spacial score (nSPS) is 13.2. The van der Waals surface area contributed by atoms with Gasteiger partial charge in [-0.15, -0.1) is 0 Å². The number of methoxy groups -OCH3 is 1. The molecule has 236 valence electrons. The molecule has 2 rings (SSSR count). The van der Waals surface area contributed by atoms with Crippen LogP contribution in [0.2, 0.25) is 0 Å². The smallest absolute Gasteiger partial charge is 0.407 e. The van der Waals surface area contributed by atoms with Crippen LogP contribution in [0.3, 0.4) is 0 Å². The molecular formula is C33H48N3O6P. The van der Waals surface area contributed by atoms with Gasteiger partial charge in [0, 0.05) is 31.7 Å². The largest absolute Gasteiger partial charge is 0.449 e. The number of hydrogen-bond donors (Lipinski definition) is 2. The molecule has 0 saturated heterocycles. The molecule has 0 spiro atoms. The van der Waals surface area contributed by atoms with Gasteiger partial charge in [0.05, 0.1) is 13.2 Å². The maximum atomic E-state index is 14.2. The maximum absolute atomic E-state index is 14.2. The summed E-state index contributed by atoms with van der Waals surface area (Å²) in [6.07, 6.45) is 2.88. The molecule has 43 heavy (non-hydrogen) atoms. The number of carbonyl (C=O) groups excluding carboxylic acids is 3. The molecule has 0 aliphatic heterocycles. The summed E-state index contributed by atoms with van der Waals surface area (Å²) in [5, 5.41) is 5.79. The van der Waals surface area contributed by atoms with Crippen molar-refractivity contribution in [2.75, 3.05) is 38.5 Å². The first-order valence-corrected chi connectivity index (χ1v) is 16.1. The highest BCUT2D eigenvalue weighted by atomic mass is 31.1. The Morgan fingerprint density at radius 1 is 0.930 bits per heavy atom. The fourth-order valence-corrected chi connectivity index (χ4v) is 5.73. The highest BCUT2D eigenvalue weighted by Gasteiger charge is 2.46. The molecule has 0 unspecified atom stereocenters. The second kappa shape index (κ2) is 19.8. The van der Waals surface area contributed by atoms with Gasteiger partial charge in [0.15, 0.2) is 8.46 Å². The van der Waals surface area contributed by atoms with E-state index < -0.39 is 11.6 Å². The predicted octanol–water partition coefficient (Wildman–Crippen LogP) is 6.69. The van der Waals surface area contributed by atoms with Gasteiger partial charge in [-0.3, -0.25) is 14.2 Å². The molecule has 2 aromatic rings. The minimum atomic E-state index is -1.22. The Bertz CT molecular complexity index is 1120. The molecule has 0 aliphatic carbocycles. The van der Waals surface area contributed by atoms with Crippen molar-refractivity contribution in [1.82, 2.24) is 10.2 Å². The van der Waals surface area contributed by atoms with E-state index in [-0.39, 0.29) is 51.4 Å². The van der Waals surface area contributed by atoms with Crippen LogP contribution in [0, 0.1) is 11.8 Å². The fourth-order valence-electron chi connectivity index (χ4n) is 5.19. The monoisotopic (exact) mass is 613 g/mol. The fraction of sp³-hybridized carbons (Fsp3) is 0.545. The van der Waals surface area contributed by atoms with Gasteiger partial charge in [0.25, 0.3) is 0 Å². The molecule has 2 aromatic carbocycles. The molecule has 0 fully saturated rings. The molecule has 2 atom stereocenters. The number of para-hydroxylation sites is 1. The van der Waals surface area contributed by atoms with Gasteiger partial charge in [-0.1, -0.05) is 69.3 Å². The van der Waals surface area contributed by atoms with E-state index in [1.165, 1.54) is 4.90 Å². The Kier molecular flexibility index (Phi) is 16.5. The second-order valence-electron chi connectivity index (χ2n) is 11.4. The van der Waals surface area contributed by atoms with E-state index in [1.54, 1.807) is 19.2 Å². The molecule has 0 bridgehead atoms. The summed E-state index contributed by atoms with van der Waals surface area (Å²) in [5.74, 6) is -0.333. The molecule has 2 N–H and O–H groups in total. The number of nitrogens with one attached hydrogen (secondary N) is 2. The first kappa shape index (κ1) is 35.9. The van der Waals surface area contributed by atoms with Crippen molar-refractivity contribution in [2.45, 2.75) is 71.3 Å². The van der Waals surface area contributed by atoms with Gasteiger partial charge < -0.3 is 25.0 Å². The van der Waals surface area contributed by atoms with Crippen LogP contribution in [0.15, 0.2) is 60.7 Å². The third-order valence-electron chi connectivity index (χ3n) is 7.15. The van der Waals surface area contributed by atoms with Gasteiger partial charge in [0.1, 0.15) is 11.8 Å². The molecule has 0 heterocycles. The first-order chi connectivity index (χ1) is 20.7. The lowest BCUT2D eigenvalue weighted by Crippen LogP contribution is -2.59. The molecule has 10 heteroatoms. The van der Waals surface area contributed by atoms with E-state index in [2.05, 4.69) is 10.6 Å². The molecule has 0 saturated carbocycles. The van der Waals surface area contributed by atoms with Crippen LogP contribution >= 0.6 is 8.46 Å². The van der Waals surface area contributed by atoms with E-state index >= 15 is 0 Å². The SMILES string of the molecule is COC[C@@H](C)COC(=O)NCCCC[C@](CC(C)C)(C(=O)Nc1ccccc1)N(CP=O)C(=O)CCCc1ccccc1. The van der Waals surface area contributed by atoms with E-state index in [1.807, 2.05) is 69.3 Å². The average Bonchev–Trinajstić information content (AvgIpc) is 2.99. The third-order valence-corrected chi connectivity index (χ3v) is 7.55. The van der Waals surface area contributed by atoms with E-state index in [0.717, 1.165) is 12.0 Å². The Balaban J connectivity index is 2.20. The number of nitrogens with zero attached hydrogens (tertiary/aromatic N) is 1. The van der Waals surface area contributed by atoms with Gasteiger partial charge in [-0.05, 0) is 62.1 Å². The Labute approximate surface area is 258 Å². The molecule has 3 amide bonds. The van der Waals surface area contributed by atoms with Crippen LogP contribution in [0.4, 0.5) is 10.5 Å². The molecular weight excluding hydrogens is 565 g/mol. The number of benzene rings is 2. The number of ether oxygens (including phenoxy) is 2. The van der Waals surface area contributed by atoms with Crippen molar-refractivity contribution >= 4 is 32.1 Å². The minimum Gasteiger partial charge on any atom is -0.449 e. The van der Waals surface area contributed by atoms with Crippen molar-refractivity contribution < 1.29 is 28.4 Å².